The van der Waals surface area contributed by atoms with Gasteiger partial charge in [0.05, 0.1) is 13.0 Å². The molecule has 0 aromatic rings. The monoisotopic (exact) mass is 298 g/mol. The van der Waals surface area contributed by atoms with E-state index < -0.39 is 11.8 Å². The summed E-state index contributed by atoms with van der Waals surface area (Å²) in [5.74, 6) is -1.95. The van der Waals surface area contributed by atoms with Gasteiger partial charge in [0.25, 0.3) is 0 Å². The fraction of sp³-hybridized carbons (Fsp3) is 0.692. The summed E-state index contributed by atoms with van der Waals surface area (Å²) in [5, 5.41) is 17.3. The van der Waals surface area contributed by atoms with E-state index in [9.17, 15) is 14.4 Å². The zero-order valence-corrected chi connectivity index (χ0v) is 12.1. The van der Waals surface area contributed by atoms with Gasteiger partial charge in [-0.15, -0.1) is 0 Å². The standard InChI is InChI=1S/C13H22N4O4/c1-9(8-11(19)15-10-4-2-3-5-10)16-17-13(21)12(20)14-6-7-18/h10,18H,2-8H2,1H3,(H,14,20)(H,15,19)(H,17,21). The molecule has 1 fully saturated rings. The number of aliphatic hydroxyl groups excluding tert-OH is 1. The molecule has 0 atom stereocenters. The molecule has 3 amide bonds. The van der Waals surface area contributed by atoms with Gasteiger partial charge in [-0.05, 0) is 19.8 Å². The average Bonchev–Trinajstić information content (AvgIpc) is 2.94. The van der Waals surface area contributed by atoms with E-state index in [4.69, 9.17) is 5.11 Å². The number of rotatable bonds is 6. The van der Waals surface area contributed by atoms with Crippen LogP contribution in [0.4, 0.5) is 0 Å². The summed E-state index contributed by atoms with van der Waals surface area (Å²) in [5.41, 5.74) is 2.48. The Bertz CT molecular complexity index is 416. The number of nitrogens with zero attached hydrogens (tertiary/aromatic N) is 1. The van der Waals surface area contributed by atoms with Crippen molar-refractivity contribution >= 4 is 23.4 Å². The number of aliphatic hydroxyl groups is 1. The summed E-state index contributed by atoms with van der Waals surface area (Å²) in [6.45, 7) is 1.35. The first-order chi connectivity index (χ1) is 10.0. The maximum absolute atomic E-state index is 11.7. The fourth-order valence-corrected chi connectivity index (χ4v) is 2.07. The van der Waals surface area contributed by atoms with Crippen molar-refractivity contribution in [2.75, 3.05) is 13.2 Å². The molecule has 0 unspecified atom stereocenters. The third-order valence-corrected chi connectivity index (χ3v) is 3.09. The predicted octanol–water partition coefficient (Wildman–Crippen LogP) is -0.964. The highest BCUT2D eigenvalue weighted by atomic mass is 16.3. The van der Waals surface area contributed by atoms with Gasteiger partial charge in [-0.3, -0.25) is 14.4 Å². The third kappa shape index (κ3) is 6.84. The quantitative estimate of drug-likeness (QED) is 0.287. The Morgan fingerprint density at radius 2 is 1.86 bits per heavy atom. The van der Waals surface area contributed by atoms with Gasteiger partial charge in [-0.25, -0.2) is 5.43 Å². The molecule has 0 radical (unpaired) electrons. The second-order valence-corrected chi connectivity index (χ2v) is 4.99. The minimum atomic E-state index is -0.931. The van der Waals surface area contributed by atoms with Crippen molar-refractivity contribution in [1.82, 2.24) is 16.1 Å². The lowest BCUT2D eigenvalue weighted by atomic mass is 10.2. The van der Waals surface area contributed by atoms with Crippen molar-refractivity contribution in [2.24, 2.45) is 5.10 Å². The second kappa shape index (κ2) is 9.06. The van der Waals surface area contributed by atoms with Gasteiger partial charge >= 0.3 is 11.8 Å². The van der Waals surface area contributed by atoms with Crippen molar-refractivity contribution in [3.8, 4) is 0 Å². The van der Waals surface area contributed by atoms with Crippen LogP contribution in [0.1, 0.15) is 39.0 Å². The van der Waals surface area contributed by atoms with Crippen LogP contribution in [0.5, 0.6) is 0 Å². The Morgan fingerprint density at radius 1 is 1.19 bits per heavy atom. The highest BCUT2D eigenvalue weighted by Crippen LogP contribution is 2.17. The minimum absolute atomic E-state index is 0.00125. The number of carbonyl (C=O) groups is 3. The highest BCUT2D eigenvalue weighted by molar-refractivity contribution is 6.35. The largest absolute Gasteiger partial charge is 0.395 e. The Labute approximate surface area is 123 Å². The van der Waals surface area contributed by atoms with Crippen LogP contribution in [0, 0.1) is 0 Å². The Kier molecular flexibility index (Phi) is 7.38. The zero-order chi connectivity index (χ0) is 15.7. The number of amides is 3. The van der Waals surface area contributed by atoms with Crippen LogP contribution in [-0.4, -0.2) is 47.7 Å². The van der Waals surface area contributed by atoms with Gasteiger partial charge in [-0.2, -0.15) is 5.10 Å². The van der Waals surface area contributed by atoms with Crippen molar-refractivity contribution in [3.05, 3.63) is 0 Å². The topological polar surface area (TPSA) is 120 Å². The highest BCUT2D eigenvalue weighted by Gasteiger charge is 2.17. The van der Waals surface area contributed by atoms with E-state index in [0.29, 0.717) is 5.71 Å². The molecule has 0 aliphatic heterocycles. The van der Waals surface area contributed by atoms with Gasteiger partial charge in [0.1, 0.15) is 0 Å². The van der Waals surface area contributed by atoms with E-state index >= 15 is 0 Å². The molecule has 0 bridgehead atoms. The van der Waals surface area contributed by atoms with E-state index in [1.54, 1.807) is 6.92 Å². The average molecular weight is 298 g/mol. The predicted molar refractivity (Wildman–Crippen MR) is 76.4 cm³/mol. The van der Waals surface area contributed by atoms with Crippen molar-refractivity contribution in [1.29, 1.82) is 0 Å². The first-order valence-electron chi connectivity index (χ1n) is 7.04. The van der Waals surface area contributed by atoms with Gasteiger partial charge in [0, 0.05) is 18.3 Å². The van der Waals surface area contributed by atoms with Crippen molar-refractivity contribution in [2.45, 2.75) is 45.1 Å². The van der Waals surface area contributed by atoms with Crippen LogP contribution in [0.3, 0.4) is 0 Å². The summed E-state index contributed by atoms with van der Waals surface area (Å²) in [6.07, 6.45) is 4.36. The van der Waals surface area contributed by atoms with Crippen LogP contribution in [0.2, 0.25) is 0 Å². The van der Waals surface area contributed by atoms with E-state index in [2.05, 4.69) is 21.2 Å². The normalized spacial score (nSPS) is 15.6. The maximum atomic E-state index is 11.7. The molecule has 0 heterocycles. The molecule has 8 nitrogen and oxygen atoms in total. The lowest BCUT2D eigenvalue weighted by molar-refractivity contribution is -0.139. The molecule has 0 aromatic heterocycles. The van der Waals surface area contributed by atoms with Gasteiger partial charge < -0.3 is 15.7 Å². The minimum Gasteiger partial charge on any atom is -0.395 e. The number of carbonyl (C=O) groups excluding carboxylic acids is 3. The number of hydrazone groups is 1. The van der Waals surface area contributed by atoms with Gasteiger partial charge in [-0.1, -0.05) is 12.8 Å². The summed E-state index contributed by atoms with van der Waals surface area (Å²) < 4.78 is 0. The summed E-state index contributed by atoms with van der Waals surface area (Å²) in [4.78, 5) is 34.2. The molecule has 1 rings (SSSR count). The summed E-state index contributed by atoms with van der Waals surface area (Å²) >= 11 is 0. The SMILES string of the molecule is CC(CC(=O)NC1CCCC1)=NNC(=O)C(=O)NCCO. The molecule has 1 aliphatic rings. The molecule has 8 heteroatoms. The van der Waals surface area contributed by atoms with Crippen LogP contribution < -0.4 is 16.1 Å². The fourth-order valence-electron chi connectivity index (χ4n) is 2.07. The zero-order valence-electron chi connectivity index (χ0n) is 12.1. The van der Waals surface area contributed by atoms with E-state index in [-0.39, 0.29) is 31.5 Å². The molecular formula is C13H22N4O4. The first kappa shape index (κ1) is 17.1. The molecule has 1 aliphatic carbocycles. The van der Waals surface area contributed by atoms with Gasteiger partial charge in [0.15, 0.2) is 0 Å². The van der Waals surface area contributed by atoms with Crippen LogP contribution in [0.15, 0.2) is 5.10 Å². The molecule has 4 N–H and O–H groups in total. The lowest BCUT2D eigenvalue weighted by Gasteiger charge is -2.11. The molecule has 0 saturated heterocycles. The molecule has 21 heavy (non-hydrogen) atoms. The molecule has 118 valence electrons. The first-order valence-corrected chi connectivity index (χ1v) is 7.04. The van der Waals surface area contributed by atoms with Crippen molar-refractivity contribution < 1.29 is 19.5 Å². The molecule has 0 spiro atoms. The maximum Gasteiger partial charge on any atom is 0.329 e. The van der Waals surface area contributed by atoms with Crippen molar-refractivity contribution in [3.63, 3.8) is 0 Å². The molecule has 0 aromatic carbocycles. The Hall–Kier alpha value is -1.96. The van der Waals surface area contributed by atoms with E-state index in [1.165, 1.54) is 0 Å². The Morgan fingerprint density at radius 3 is 2.48 bits per heavy atom. The lowest BCUT2D eigenvalue weighted by Crippen LogP contribution is -2.39. The van der Waals surface area contributed by atoms with E-state index in [0.717, 1.165) is 25.7 Å². The summed E-state index contributed by atoms with van der Waals surface area (Å²) in [7, 11) is 0. The van der Waals surface area contributed by atoms with Gasteiger partial charge in [0.2, 0.25) is 5.91 Å². The second-order valence-electron chi connectivity index (χ2n) is 4.99. The Balaban J connectivity index is 2.29. The van der Waals surface area contributed by atoms with Crippen LogP contribution in [0.25, 0.3) is 0 Å². The molecule has 1 saturated carbocycles. The smallest absolute Gasteiger partial charge is 0.329 e. The van der Waals surface area contributed by atoms with E-state index in [1.807, 2.05) is 0 Å². The number of hydrogen-bond donors (Lipinski definition) is 4. The number of nitrogens with one attached hydrogen (secondary N) is 3. The molecular weight excluding hydrogens is 276 g/mol. The third-order valence-electron chi connectivity index (χ3n) is 3.09. The van der Waals surface area contributed by atoms with Crippen LogP contribution >= 0.6 is 0 Å². The summed E-state index contributed by atoms with van der Waals surface area (Å²) in [6, 6.07) is 0.240. The van der Waals surface area contributed by atoms with Crippen LogP contribution in [-0.2, 0) is 14.4 Å². The number of hydrogen-bond acceptors (Lipinski definition) is 5.